The zero-order chi connectivity index (χ0) is 13.1. The van der Waals surface area contributed by atoms with Gasteiger partial charge in [-0.25, -0.2) is 13.6 Å². The molecule has 17 heavy (non-hydrogen) atoms. The molecule has 0 radical (unpaired) electrons. The third-order valence-corrected chi connectivity index (χ3v) is 3.31. The molecule has 0 heterocycles. The lowest BCUT2D eigenvalue weighted by Crippen LogP contribution is -2.15. The van der Waals surface area contributed by atoms with Gasteiger partial charge >= 0.3 is 0 Å². The fourth-order valence-electron chi connectivity index (χ4n) is 1.56. The molecule has 1 rings (SSSR count). The maximum atomic E-state index is 11.1. The first-order valence-electron chi connectivity index (χ1n) is 5.43. The van der Waals surface area contributed by atoms with E-state index >= 15 is 0 Å². The average molecular weight is 258 g/mol. The maximum absolute atomic E-state index is 11.1. The molecule has 0 aliphatic rings. The number of hydrogen-bond donors (Lipinski definition) is 2. The van der Waals surface area contributed by atoms with Crippen LogP contribution in [0.5, 0.6) is 5.75 Å². The van der Waals surface area contributed by atoms with Gasteiger partial charge in [-0.3, -0.25) is 0 Å². The number of hydrogen-bond acceptors (Lipinski definition) is 4. The number of primary sulfonamides is 1. The van der Waals surface area contributed by atoms with Crippen LogP contribution in [0.2, 0.25) is 0 Å². The molecule has 1 unspecified atom stereocenters. The zero-order valence-corrected chi connectivity index (χ0v) is 10.8. The summed E-state index contributed by atoms with van der Waals surface area (Å²) in [7, 11) is -3.77. The Bertz CT molecular complexity index is 485. The minimum absolute atomic E-state index is 0.0692. The Hall–Kier alpha value is -1.27. The lowest BCUT2D eigenvalue weighted by molar-refractivity contribution is 0.210. The number of benzene rings is 1. The molecule has 0 aromatic heterocycles. The second kappa shape index (κ2) is 5.37. The Labute approximate surface area is 102 Å². The molecule has 5 nitrogen and oxygen atoms in total. The van der Waals surface area contributed by atoms with Crippen LogP contribution in [-0.2, 0) is 10.0 Å². The van der Waals surface area contributed by atoms with Gasteiger partial charge in [0.25, 0.3) is 0 Å². The lowest BCUT2D eigenvalue weighted by Gasteiger charge is -2.14. The van der Waals surface area contributed by atoms with Crippen molar-refractivity contribution >= 4 is 15.7 Å². The largest absolute Gasteiger partial charge is 0.491 e. The molecule has 0 spiro atoms. The molecule has 0 saturated carbocycles. The van der Waals surface area contributed by atoms with Crippen molar-refractivity contribution < 1.29 is 13.2 Å². The minimum Gasteiger partial charge on any atom is -0.491 e. The first-order valence-corrected chi connectivity index (χ1v) is 6.98. The molecule has 1 atom stereocenters. The number of nitrogen functional groups attached to an aromatic ring is 1. The molecule has 0 saturated heterocycles. The zero-order valence-electron chi connectivity index (χ0n) is 10.0. The van der Waals surface area contributed by atoms with E-state index in [4.69, 9.17) is 15.6 Å². The summed E-state index contributed by atoms with van der Waals surface area (Å²) in [4.78, 5) is -0.0759. The molecule has 0 aliphatic carbocycles. The molecule has 0 fully saturated rings. The van der Waals surface area contributed by atoms with Crippen molar-refractivity contribution in [1.29, 1.82) is 0 Å². The second-order valence-electron chi connectivity index (χ2n) is 3.96. The predicted molar refractivity (Wildman–Crippen MR) is 67.2 cm³/mol. The van der Waals surface area contributed by atoms with Gasteiger partial charge in [0, 0.05) is 6.07 Å². The highest BCUT2D eigenvalue weighted by Crippen LogP contribution is 2.24. The van der Waals surface area contributed by atoms with Gasteiger partial charge in [0.1, 0.15) is 10.6 Å². The van der Waals surface area contributed by atoms with Crippen molar-refractivity contribution in [2.45, 2.75) is 37.7 Å². The molecular formula is C11H18N2O3S. The van der Waals surface area contributed by atoms with Crippen molar-refractivity contribution in [3.63, 3.8) is 0 Å². The number of nitrogens with two attached hydrogens (primary N) is 2. The Morgan fingerprint density at radius 1 is 1.41 bits per heavy atom. The fourth-order valence-corrected chi connectivity index (χ4v) is 2.20. The van der Waals surface area contributed by atoms with Crippen molar-refractivity contribution in [3.8, 4) is 5.75 Å². The normalized spacial score (nSPS) is 13.4. The summed E-state index contributed by atoms with van der Waals surface area (Å²) in [6, 6.07) is 4.40. The van der Waals surface area contributed by atoms with Crippen molar-refractivity contribution in [1.82, 2.24) is 0 Å². The van der Waals surface area contributed by atoms with Gasteiger partial charge < -0.3 is 10.5 Å². The van der Waals surface area contributed by atoms with Gasteiger partial charge in [-0.15, -0.1) is 0 Å². The summed E-state index contributed by atoms with van der Waals surface area (Å²) in [6.45, 7) is 4.02. The van der Waals surface area contributed by atoms with Crippen molar-refractivity contribution in [3.05, 3.63) is 18.2 Å². The first kappa shape index (κ1) is 13.8. The summed E-state index contributed by atoms with van der Waals surface area (Å²) in [5, 5.41) is 5.01. The van der Waals surface area contributed by atoms with Gasteiger partial charge in [-0.05, 0) is 25.5 Å². The topological polar surface area (TPSA) is 95.4 Å². The molecule has 4 N–H and O–H groups in total. The van der Waals surface area contributed by atoms with Crippen molar-refractivity contribution in [2.75, 3.05) is 5.73 Å². The third-order valence-electron chi connectivity index (χ3n) is 2.32. The molecule has 0 aliphatic heterocycles. The summed E-state index contributed by atoms with van der Waals surface area (Å²) in [6.07, 6.45) is 2.02. The Balaban J connectivity index is 2.90. The van der Waals surface area contributed by atoms with E-state index in [9.17, 15) is 8.42 Å². The average Bonchev–Trinajstić information content (AvgIpc) is 2.15. The Morgan fingerprint density at radius 3 is 2.53 bits per heavy atom. The highest BCUT2D eigenvalue weighted by atomic mass is 32.2. The molecule has 96 valence electrons. The van der Waals surface area contributed by atoms with Gasteiger partial charge in [-0.1, -0.05) is 13.3 Å². The maximum Gasteiger partial charge on any atom is 0.240 e. The Kier molecular flexibility index (Phi) is 4.36. The van der Waals surface area contributed by atoms with E-state index in [1.165, 1.54) is 12.1 Å². The van der Waals surface area contributed by atoms with E-state index in [1.54, 1.807) is 6.07 Å². The number of ether oxygens (including phenoxy) is 1. The highest BCUT2D eigenvalue weighted by Gasteiger charge is 2.13. The lowest BCUT2D eigenvalue weighted by atomic mass is 10.2. The van der Waals surface area contributed by atoms with E-state index in [-0.39, 0.29) is 16.7 Å². The second-order valence-corrected chi connectivity index (χ2v) is 5.49. The first-order chi connectivity index (χ1) is 7.84. The summed E-state index contributed by atoms with van der Waals surface area (Å²) < 4.78 is 27.9. The van der Waals surface area contributed by atoms with Gasteiger partial charge in [0.2, 0.25) is 10.0 Å². The van der Waals surface area contributed by atoms with Gasteiger partial charge in [-0.2, -0.15) is 0 Å². The molecule has 1 aromatic carbocycles. The highest BCUT2D eigenvalue weighted by molar-refractivity contribution is 7.89. The summed E-state index contributed by atoms with van der Waals surface area (Å²) >= 11 is 0. The SMILES string of the molecule is CCCC(C)Oc1ccc(S(N)(=O)=O)c(N)c1. The third kappa shape index (κ3) is 3.90. The van der Waals surface area contributed by atoms with Crippen LogP contribution in [0.25, 0.3) is 0 Å². The summed E-state index contributed by atoms with van der Waals surface area (Å²) in [5.74, 6) is 0.552. The van der Waals surface area contributed by atoms with E-state index in [2.05, 4.69) is 6.92 Å². The van der Waals surface area contributed by atoms with E-state index in [0.29, 0.717) is 5.75 Å². The van der Waals surface area contributed by atoms with E-state index in [1.807, 2.05) is 6.92 Å². The number of sulfonamides is 1. The predicted octanol–water partition coefficient (Wildman–Crippen LogP) is 1.48. The van der Waals surface area contributed by atoms with E-state index in [0.717, 1.165) is 12.8 Å². The van der Waals surface area contributed by atoms with Crippen LogP contribution in [0.15, 0.2) is 23.1 Å². The van der Waals surface area contributed by atoms with Gasteiger partial charge in [0.05, 0.1) is 11.8 Å². The number of rotatable bonds is 5. The van der Waals surface area contributed by atoms with Crippen LogP contribution < -0.4 is 15.6 Å². The summed E-state index contributed by atoms with van der Waals surface area (Å²) in [5.41, 5.74) is 5.72. The molecular weight excluding hydrogens is 240 g/mol. The monoisotopic (exact) mass is 258 g/mol. The van der Waals surface area contributed by atoms with Crippen LogP contribution in [0, 0.1) is 0 Å². The number of anilines is 1. The van der Waals surface area contributed by atoms with Crippen LogP contribution in [0.1, 0.15) is 26.7 Å². The van der Waals surface area contributed by atoms with Crippen molar-refractivity contribution in [2.24, 2.45) is 5.14 Å². The van der Waals surface area contributed by atoms with Gasteiger partial charge in [0.15, 0.2) is 0 Å². The fraction of sp³-hybridized carbons (Fsp3) is 0.455. The van der Waals surface area contributed by atoms with Crippen LogP contribution in [-0.4, -0.2) is 14.5 Å². The van der Waals surface area contributed by atoms with Crippen LogP contribution in [0.3, 0.4) is 0 Å². The standard InChI is InChI=1S/C11H18N2O3S/c1-3-4-8(2)16-9-5-6-11(10(12)7-9)17(13,14)15/h5-8H,3-4,12H2,1-2H3,(H2,13,14,15). The Morgan fingerprint density at radius 2 is 2.06 bits per heavy atom. The van der Waals surface area contributed by atoms with Crippen LogP contribution >= 0.6 is 0 Å². The molecule has 1 aromatic rings. The smallest absolute Gasteiger partial charge is 0.240 e. The van der Waals surface area contributed by atoms with Crippen LogP contribution in [0.4, 0.5) is 5.69 Å². The molecule has 6 heteroatoms. The minimum atomic E-state index is -3.77. The van der Waals surface area contributed by atoms with E-state index < -0.39 is 10.0 Å². The quantitative estimate of drug-likeness (QED) is 0.782. The molecule has 0 bridgehead atoms. The molecule has 0 amide bonds.